The minimum Gasteiger partial charge on any atom is -0.321 e. The lowest BCUT2D eigenvalue weighted by Gasteiger charge is -2.08. The van der Waals surface area contributed by atoms with Crippen LogP contribution in [-0.2, 0) is 6.18 Å². The molecular weight excluding hydrogens is 387 g/mol. The van der Waals surface area contributed by atoms with Gasteiger partial charge in [-0.15, -0.1) is 11.3 Å². The molecular formula is C20H12F3N3OS. The summed E-state index contributed by atoms with van der Waals surface area (Å²) in [5.74, 6) is -0.451. The zero-order valence-corrected chi connectivity index (χ0v) is 15.0. The fourth-order valence-electron chi connectivity index (χ4n) is 2.68. The number of hydrogen-bond acceptors (Lipinski definition) is 4. The van der Waals surface area contributed by atoms with E-state index >= 15 is 0 Å². The Balaban J connectivity index is 1.55. The van der Waals surface area contributed by atoms with Crippen molar-refractivity contribution in [1.82, 2.24) is 9.97 Å². The molecule has 28 heavy (non-hydrogen) atoms. The Bertz CT molecular complexity index is 1140. The normalized spacial score (nSPS) is 11.5. The number of carbonyl (C=O) groups is 1. The van der Waals surface area contributed by atoms with Gasteiger partial charge in [0.15, 0.2) is 0 Å². The van der Waals surface area contributed by atoms with Crippen LogP contribution < -0.4 is 5.32 Å². The summed E-state index contributed by atoms with van der Waals surface area (Å²) >= 11 is 1.62. The molecule has 0 fully saturated rings. The minimum atomic E-state index is -4.52. The molecule has 1 N–H and O–H groups in total. The van der Waals surface area contributed by atoms with Crippen molar-refractivity contribution < 1.29 is 18.0 Å². The SMILES string of the molecule is O=C(Nc1ccc(C(F)(F)F)nc1)c1ccc2cc(-c3cccs3)cnc2c1. The molecule has 4 nitrogen and oxygen atoms in total. The highest BCUT2D eigenvalue weighted by Crippen LogP contribution is 2.28. The van der Waals surface area contributed by atoms with Crippen LogP contribution in [0.2, 0.25) is 0 Å². The van der Waals surface area contributed by atoms with Gasteiger partial charge in [-0.1, -0.05) is 12.1 Å². The van der Waals surface area contributed by atoms with Crippen LogP contribution in [0.4, 0.5) is 18.9 Å². The van der Waals surface area contributed by atoms with Crippen LogP contribution in [-0.4, -0.2) is 15.9 Å². The van der Waals surface area contributed by atoms with Crippen LogP contribution in [0.1, 0.15) is 16.1 Å². The van der Waals surface area contributed by atoms with Crippen LogP contribution >= 0.6 is 11.3 Å². The fraction of sp³-hybridized carbons (Fsp3) is 0.0500. The Labute approximate surface area is 161 Å². The zero-order chi connectivity index (χ0) is 19.7. The van der Waals surface area contributed by atoms with Gasteiger partial charge in [-0.3, -0.25) is 9.78 Å². The van der Waals surface area contributed by atoms with E-state index in [9.17, 15) is 18.0 Å². The molecule has 140 valence electrons. The topological polar surface area (TPSA) is 54.9 Å². The maximum absolute atomic E-state index is 12.6. The van der Waals surface area contributed by atoms with Gasteiger partial charge in [0.1, 0.15) is 5.69 Å². The lowest BCUT2D eigenvalue weighted by Crippen LogP contribution is -2.13. The summed E-state index contributed by atoms with van der Waals surface area (Å²) in [6.45, 7) is 0. The summed E-state index contributed by atoms with van der Waals surface area (Å²) in [5, 5.41) is 5.42. The van der Waals surface area contributed by atoms with Gasteiger partial charge in [-0.05, 0) is 41.8 Å². The zero-order valence-electron chi connectivity index (χ0n) is 14.2. The predicted octanol–water partition coefficient (Wildman–Crippen LogP) is 5.63. The molecule has 0 bridgehead atoms. The van der Waals surface area contributed by atoms with Crippen molar-refractivity contribution in [3.05, 3.63) is 77.6 Å². The number of fused-ring (bicyclic) bond motifs is 1. The number of hydrogen-bond donors (Lipinski definition) is 1. The highest BCUT2D eigenvalue weighted by atomic mass is 32.1. The smallest absolute Gasteiger partial charge is 0.321 e. The number of amides is 1. The number of benzene rings is 1. The van der Waals surface area contributed by atoms with Crippen molar-refractivity contribution in [2.24, 2.45) is 0 Å². The summed E-state index contributed by atoms with van der Waals surface area (Å²) < 4.78 is 37.7. The van der Waals surface area contributed by atoms with E-state index in [4.69, 9.17) is 0 Å². The van der Waals surface area contributed by atoms with E-state index in [1.165, 1.54) is 6.07 Å². The number of rotatable bonds is 3. The molecule has 1 amide bonds. The van der Waals surface area contributed by atoms with E-state index in [2.05, 4.69) is 15.3 Å². The number of nitrogens with one attached hydrogen (secondary N) is 1. The average Bonchev–Trinajstić information content (AvgIpc) is 3.21. The number of halogens is 3. The molecule has 4 aromatic rings. The molecule has 4 rings (SSSR count). The Morgan fingerprint density at radius 3 is 2.54 bits per heavy atom. The molecule has 0 saturated carbocycles. The minimum absolute atomic E-state index is 0.180. The number of nitrogens with zero attached hydrogens (tertiary/aromatic N) is 2. The second-order valence-corrected chi connectivity index (χ2v) is 6.94. The third-order valence-corrected chi connectivity index (χ3v) is 4.98. The first kappa shape index (κ1) is 18.1. The van der Waals surface area contributed by atoms with E-state index < -0.39 is 17.8 Å². The summed E-state index contributed by atoms with van der Waals surface area (Å²) in [4.78, 5) is 21.3. The van der Waals surface area contributed by atoms with Gasteiger partial charge in [-0.2, -0.15) is 13.2 Å². The molecule has 0 unspecified atom stereocenters. The van der Waals surface area contributed by atoms with E-state index in [1.807, 2.05) is 23.6 Å². The van der Waals surface area contributed by atoms with Crippen molar-refractivity contribution in [2.75, 3.05) is 5.32 Å². The van der Waals surface area contributed by atoms with Crippen molar-refractivity contribution in [3.63, 3.8) is 0 Å². The van der Waals surface area contributed by atoms with Gasteiger partial charge in [0.05, 0.1) is 17.4 Å². The molecule has 0 aliphatic rings. The standard InChI is InChI=1S/C20H12F3N3OS/c21-20(22,23)18-6-5-15(11-25-18)26-19(27)13-4-3-12-8-14(10-24-16(12)9-13)17-2-1-7-28-17/h1-11H,(H,26,27). The van der Waals surface area contributed by atoms with Crippen molar-refractivity contribution in [3.8, 4) is 10.4 Å². The quantitative estimate of drug-likeness (QED) is 0.486. The number of carbonyl (C=O) groups excluding carboxylic acids is 1. The van der Waals surface area contributed by atoms with E-state index in [1.54, 1.807) is 35.7 Å². The Morgan fingerprint density at radius 2 is 1.86 bits per heavy atom. The number of aromatic nitrogens is 2. The summed E-state index contributed by atoms with van der Waals surface area (Å²) in [7, 11) is 0. The largest absolute Gasteiger partial charge is 0.433 e. The number of anilines is 1. The van der Waals surface area contributed by atoms with Crippen LogP contribution in [0.5, 0.6) is 0 Å². The molecule has 0 spiro atoms. The van der Waals surface area contributed by atoms with Crippen molar-refractivity contribution in [2.45, 2.75) is 6.18 Å². The van der Waals surface area contributed by atoms with E-state index in [-0.39, 0.29) is 5.69 Å². The summed E-state index contributed by atoms with van der Waals surface area (Å²) in [6, 6.07) is 13.0. The number of alkyl halides is 3. The first-order valence-electron chi connectivity index (χ1n) is 8.18. The molecule has 0 aliphatic carbocycles. The van der Waals surface area contributed by atoms with E-state index in [0.717, 1.165) is 28.1 Å². The third-order valence-electron chi connectivity index (χ3n) is 4.06. The second-order valence-electron chi connectivity index (χ2n) is 5.99. The molecule has 3 heterocycles. The Morgan fingerprint density at radius 1 is 1.00 bits per heavy atom. The molecule has 3 aromatic heterocycles. The monoisotopic (exact) mass is 399 g/mol. The van der Waals surface area contributed by atoms with Gasteiger partial charge in [0, 0.05) is 27.6 Å². The van der Waals surface area contributed by atoms with E-state index in [0.29, 0.717) is 11.1 Å². The number of pyridine rings is 2. The maximum atomic E-state index is 12.6. The molecule has 0 atom stereocenters. The van der Waals surface area contributed by atoms with Gasteiger partial charge >= 0.3 is 6.18 Å². The van der Waals surface area contributed by atoms with Crippen molar-refractivity contribution >= 4 is 33.8 Å². The Kier molecular flexibility index (Phi) is 4.56. The molecule has 0 radical (unpaired) electrons. The molecule has 1 aromatic carbocycles. The third kappa shape index (κ3) is 3.72. The molecule has 8 heteroatoms. The molecule has 0 aliphatic heterocycles. The Hall–Kier alpha value is -3.26. The lowest BCUT2D eigenvalue weighted by atomic mass is 10.1. The van der Waals surface area contributed by atoms with Gasteiger partial charge in [-0.25, -0.2) is 4.98 Å². The van der Waals surface area contributed by atoms with Crippen LogP contribution in [0.3, 0.4) is 0 Å². The van der Waals surface area contributed by atoms with Crippen LogP contribution in [0.25, 0.3) is 21.3 Å². The first-order chi connectivity index (χ1) is 13.4. The average molecular weight is 399 g/mol. The van der Waals surface area contributed by atoms with Crippen LogP contribution in [0, 0.1) is 0 Å². The predicted molar refractivity (Wildman–Crippen MR) is 102 cm³/mol. The molecule has 0 saturated heterocycles. The first-order valence-corrected chi connectivity index (χ1v) is 9.06. The highest BCUT2D eigenvalue weighted by Gasteiger charge is 2.32. The van der Waals surface area contributed by atoms with Crippen LogP contribution in [0.15, 0.2) is 66.3 Å². The fourth-order valence-corrected chi connectivity index (χ4v) is 3.39. The maximum Gasteiger partial charge on any atom is 0.433 e. The lowest BCUT2D eigenvalue weighted by molar-refractivity contribution is -0.141. The van der Waals surface area contributed by atoms with Gasteiger partial charge < -0.3 is 5.32 Å². The second kappa shape index (κ2) is 7.05. The van der Waals surface area contributed by atoms with Gasteiger partial charge in [0.2, 0.25) is 0 Å². The van der Waals surface area contributed by atoms with Gasteiger partial charge in [0.25, 0.3) is 5.91 Å². The number of thiophene rings is 1. The summed E-state index contributed by atoms with van der Waals surface area (Å²) in [5.41, 5.74) is 1.17. The summed E-state index contributed by atoms with van der Waals surface area (Å²) in [6.07, 6.45) is -1.79. The van der Waals surface area contributed by atoms with Crippen molar-refractivity contribution in [1.29, 1.82) is 0 Å². The highest BCUT2D eigenvalue weighted by molar-refractivity contribution is 7.13.